The number of carboxylic acid groups (broad SMARTS) is 1. The Balaban J connectivity index is 1.41. The monoisotopic (exact) mass is 463 g/mol. The summed E-state index contributed by atoms with van der Waals surface area (Å²) in [5.41, 5.74) is 5.21. The topological polar surface area (TPSA) is 72.6 Å². The van der Waals surface area contributed by atoms with Crippen molar-refractivity contribution < 1.29 is 19.1 Å². The zero-order valence-corrected chi connectivity index (χ0v) is 19.6. The van der Waals surface area contributed by atoms with Gasteiger partial charge in [-0.05, 0) is 61.9 Å². The van der Waals surface area contributed by atoms with E-state index < -0.39 is 5.97 Å². The van der Waals surface area contributed by atoms with Crippen molar-refractivity contribution in [2.24, 2.45) is 0 Å². The first-order chi connectivity index (χ1) is 17.0. The van der Waals surface area contributed by atoms with Gasteiger partial charge in [-0.25, -0.2) is 9.78 Å². The maximum absolute atomic E-state index is 12.4. The van der Waals surface area contributed by atoms with Gasteiger partial charge in [-0.15, -0.1) is 0 Å². The van der Waals surface area contributed by atoms with Crippen LogP contribution in [-0.2, 0) is 0 Å². The number of para-hydroxylation sites is 1. The molecule has 6 rings (SSSR count). The van der Waals surface area contributed by atoms with Crippen molar-refractivity contribution in [3.8, 4) is 17.2 Å². The van der Waals surface area contributed by atoms with Gasteiger partial charge >= 0.3 is 5.97 Å². The molecule has 1 saturated carbocycles. The van der Waals surface area contributed by atoms with Crippen molar-refractivity contribution >= 4 is 27.8 Å². The number of furan rings is 1. The molecule has 1 aliphatic rings. The number of aromatic nitrogens is 1. The fourth-order valence-electron chi connectivity index (χ4n) is 5.08. The van der Waals surface area contributed by atoms with Crippen LogP contribution in [0.4, 0.5) is 0 Å². The van der Waals surface area contributed by atoms with Crippen LogP contribution in [0.15, 0.2) is 77.2 Å². The minimum absolute atomic E-state index is 0.0463. The van der Waals surface area contributed by atoms with Crippen LogP contribution in [0, 0.1) is 13.8 Å². The number of aromatic carboxylic acids is 1. The average molecular weight is 464 g/mol. The summed E-state index contributed by atoms with van der Waals surface area (Å²) >= 11 is 0. The third-order valence-corrected chi connectivity index (χ3v) is 7.09. The van der Waals surface area contributed by atoms with E-state index in [-0.39, 0.29) is 11.7 Å². The largest absolute Gasteiger partial charge is 0.490 e. The molecular weight excluding hydrogens is 438 g/mol. The Labute approximate surface area is 203 Å². The van der Waals surface area contributed by atoms with E-state index in [0.29, 0.717) is 34.0 Å². The first-order valence-corrected chi connectivity index (χ1v) is 11.9. The Bertz CT molecular complexity index is 1580. The second-order valence-corrected chi connectivity index (χ2v) is 9.34. The molecule has 1 aliphatic carbocycles. The maximum Gasteiger partial charge on any atom is 0.336 e. The van der Waals surface area contributed by atoms with E-state index in [9.17, 15) is 9.90 Å². The third kappa shape index (κ3) is 3.64. The highest BCUT2D eigenvalue weighted by molar-refractivity contribution is 6.07. The maximum atomic E-state index is 12.4. The molecule has 0 saturated heterocycles. The van der Waals surface area contributed by atoms with Gasteiger partial charge < -0.3 is 14.3 Å². The molecule has 5 heteroatoms. The predicted molar refractivity (Wildman–Crippen MR) is 136 cm³/mol. The van der Waals surface area contributed by atoms with Gasteiger partial charge in [0.1, 0.15) is 17.0 Å². The van der Waals surface area contributed by atoms with Crippen LogP contribution in [-0.4, -0.2) is 22.2 Å². The number of fused-ring (bicyclic) bond motifs is 2. The van der Waals surface area contributed by atoms with E-state index >= 15 is 0 Å². The Morgan fingerprint density at radius 1 is 1.00 bits per heavy atom. The lowest BCUT2D eigenvalue weighted by Gasteiger charge is -2.36. The van der Waals surface area contributed by atoms with Crippen LogP contribution in [0.1, 0.15) is 45.8 Å². The molecule has 0 aliphatic heterocycles. The van der Waals surface area contributed by atoms with Crippen molar-refractivity contribution in [1.29, 1.82) is 0 Å². The van der Waals surface area contributed by atoms with Crippen LogP contribution >= 0.6 is 0 Å². The Morgan fingerprint density at radius 2 is 1.74 bits per heavy atom. The van der Waals surface area contributed by atoms with E-state index in [1.165, 1.54) is 5.56 Å². The van der Waals surface area contributed by atoms with Gasteiger partial charge in [0, 0.05) is 10.9 Å². The summed E-state index contributed by atoms with van der Waals surface area (Å²) < 4.78 is 12.4. The summed E-state index contributed by atoms with van der Waals surface area (Å²) in [5, 5.41) is 11.7. The lowest BCUT2D eigenvalue weighted by Crippen LogP contribution is -2.32. The zero-order chi connectivity index (χ0) is 24.1. The molecule has 1 fully saturated rings. The number of rotatable bonds is 5. The molecule has 2 aromatic heterocycles. The minimum atomic E-state index is -1.02. The van der Waals surface area contributed by atoms with E-state index in [2.05, 4.69) is 24.3 Å². The minimum Gasteiger partial charge on any atom is -0.490 e. The summed E-state index contributed by atoms with van der Waals surface area (Å²) in [6, 6.07) is 23.6. The quantitative estimate of drug-likeness (QED) is 0.296. The molecule has 0 spiro atoms. The summed E-state index contributed by atoms with van der Waals surface area (Å²) in [4.78, 5) is 17.3. The number of carbonyl (C=O) groups is 1. The molecule has 0 radical (unpaired) electrons. The number of carboxylic acids is 1. The van der Waals surface area contributed by atoms with Crippen molar-refractivity contribution in [3.05, 3.63) is 95.1 Å². The van der Waals surface area contributed by atoms with E-state index in [1.807, 2.05) is 56.3 Å². The highest BCUT2D eigenvalue weighted by Crippen LogP contribution is 2.42. The van der Waals surface area contributed by atoms with Crippen molar-refractivity contribution in [1.82, 2.24) is 4.98 Å². The number of ether oxygens (including phenoxy) is 1. The van der Waals surface area contributed by atoms with E-state index in [1.54, 1.807) is 6.07 Å². The van der Waals surface area contributed by atoms with Gasteiger partial charge in [0.2, 0.25) is 0 Å². The van der Waals surface area contributed by atoms with Crippen LogP contribution in [0.2, 0.25) is 0 Å². The molecule has 0 atom stereocenters. The molecule has 5 aromatic rings. The third-order valence-electron chi connectivity index (χ3n) is 7.09. The molecule has 174 valence electrons. The lowest BCUT2D eigenvalue weighted by molar-refractivity contribution is 0.0697. The van der Waals surface area contributed by atoms with Gasteiger partial charge in [-0.2, -0.15) is 0 Å². The molecule has 0 bridgehead atoms. The molecule has 35 heavy (non-hydrogen) atoms. The number of aryl methyl sites for hydroxylation is 2. The van der Waals surface area contributed by atoms with Crippen molar-refractivity contribution in [3.63, 3.8) is 0 Å². The van der Waals surface area contributed by atoms with Crippen molar-refractivity contribution in [2.75, 3.05) is 0 Å². The molecular formula is C30H25NO4. The molecule has 1 N–H and O–H groups in total. The second-order valence-electron chi connectivity index (χ2n) is 9.34. The molecule has 2 heterocycles. The first kappa shape index (κ1) is 21.4. The van der Waals surface area contributed by atoms with Crippen LogP contribution in [0.3, 0.4) is 0 Å². The van der Waals surface area contributed by atoms with Crippen LogP contribution in [0.25, 0.3) is 33.3 Å². The predicted octanol–water partition coefficient (Wildman–Crippen LogP) is 7.29. The van der Waals surface area contributed by atoms with Gasteiger partial charge in [-0.1, -0.05) is 54.6 Å². The zero-order valence-electron chi connectivity index (χ0n) is 19.6. The highest BCUT2D eigenvalue weighted by atomic mass is 16.5. The molecule has 5 nitrogen and oxygen atoms in total. The standard InChI is InChI=1S/C30H25NO4/c1-17-12-13-26(34-21-14-20(15-21)19-8-4-3-5-9-19)27-23(30(32)33)16-24(31-28(17)27)29-18(2)22-10-6-7-11-25(22)35-29/h3-13,16,20-21H,14-15H2,1-2H3,(H,32,33)/t20-,21+. The van der Waals surface area contributed by atoms with Gasteiger partial charge in [-0.3, -0.25) is 0 Å². The summed E-state index contributed by atoms with van der Waals surface area (Å²) in [6.07, 6.45) is 1.86. The first-order valence-electron chi connectivity index (χ1n) is 11.9. The fraction of sp³-hybridized carbons (Fsp3) is 0.200. The summed E-state index contributed by atoms with van der Waals surface area (Å²) in [6.45, 7) is 3.91. The van der Waals surface area contributed by atoms with Gasteiger partial charge in [0.05, 0.1) is 22.6 Å². The van der Waals surface area contributed by atoms with Crippen LogP contribution < -0.4 is 4.74 Å². The Morgan fingerprint density at radius 3 is 2.49 bits per heavy atom. The smallest absolute Gasteiger partial charge is 0.336 e. The summed E-state index contributed by atoms with van der Waals surface area (Å²) in [7, 11) is 0. The second kappa shape index (κ2) is 8.27. The average Bonchev–Trinajstić information content (AvgIpc) is 3.19. The Kier molecular flexibility index (Phi) is 5.06. The van der Waals surface area contributed by atoms with Gasteiger partial charge in [0.15, 0.2) is 5.76 Å². The summed E-state index contributed by atoms with van der Waals surface area (Å²) in [5.74, 6) is 0.613. The number of hydrogen-bond acceptors (Lipinski definition) is 4. The lowest BCUT2D eigenvalue weighted by atomic mass is 9.77. The molecule has 0 unspecified atom stereocenters. The highest BCUT2D eigenvalue weighted by Gasteiger charge is 2.33. The fourth-order valence-corrected chi connectivity index (χ4v) is 5.08. The normalized spacial score (nSPS) is 17.4. The van der Waals surface area contributed by atoms with E-state index in [0.717, 1.165) is 34.9 Å². The number of nitrogens with zero attached hydrogens (tertiary/aromatic N) is 1. The number of benzene rings is 3. The number of hydrogen-bond donors (Lipinski definition) is 1. The van der Waals surface area contributed by atoms with E-state index in [4.69, 9.17) is 14.1 Å². The SMILES string of the molecule is Cc1c(-c2cc(C(=O)O)c3c(O[C@H]4C[C@@H](c5ccccc5)C4)ccc(C)c3n2)oc2ccccc12. The Hall–Kier alpha value is -4.12. The van der Waals surface area contributed by atoms with Crippen LogP contribution in [0.5, 0.6) is 5.75 Å². The molecule has 0 amide bonds. The van der Waals surface area contributed by atoms with Gasteiger partial charge in [0.25, 0.3) is 0 Å². The molecule has 3 aromatic carbocycles. The number of pyridine rings is 1. The van der Waals surface area contributed by atoms with Crippen molar-refractivity contribution in [2.45, 2.75) is 38.7 Å².